The molecule has 0 saturated carbocycles. The minimum Gasteiger partial charge on any atom is -0.235 e. The van der Waals surface area contributed by atoms with Gasteiger partial charge in [0.15, 0.2) is 5.82 Å². The monoisotopic (exact) mass is 517 g/mol. The molecule has 4 heteroatoms. The number of aromatic nitrogens is 3. The molecule has 0 unspecified atom stereocenters. The van der Waals surface area contributed by atoms with E-state index in [-0.39, 0.29) is 0 Å². The molecule has 0 aliphatic rings. The zero-order chi connectivity index (χ0) is 26.0. The fraction of sp³-hybridized carbons (Fsp3) is 0. The molecule has 7 rings (SSSR count). The Morgan fingerprint density at radius 2 is 0.923 bits per heavy atom. The van der Waals surface area contributed by atoms with Crippen molar-refractivity contribution in [3.05, 3.63) is 140 Å². The first-order valence-electron chi connectivity index (χ1n) is 12.9. The Bertz CT molecular complexity index is 1880. The Hall–Kier alpha value is -4.93. The SMILES string of the molecule is c1ccc(-c2ccc(-c3cc(-c4ccccc4)nc(-c4cccc5sc(-c6ccccc6)nc45)n3)cc2)cc1. The van der Waals surface area contributed by atoms with E-state index in [4.69, 9.17) is 15.0 Å². The lowest BCUT2D eigenvalue weighted by atomic mass is 10.0. The highest BCUT2D eigenvalue weighted by molar-refractivity contribution is 7.21. The molecule has 2 aromatic heterocycles. The number of para-hydroxylation sites is 1. The summed E-state index contributed by atoms with van der Waals surface area (Å²) in [5, 5.41) is 0.994. The minimum atomic E-state index is 0.675. The summed E-state index contributed by atoms with van der Waals surface area (Å²) in [7, 11) is 0. The van der Waals surface area contributed by atoms with Crippen LogP contribution in [0.1, 0.15) is 0 Å². The van der Waals surface area contributed by atoms with Crippen molar-refractivity contribution >= 4 is 21.6 Å². The molecule has 0 spiro atoms. The molecule has 0 atom stereocenters. The van der Waals surface area contributed by atoms with Gasteiger partial charge < -0.3 is 0 Å². The third kappa shape index (κ3) is 4.63. The van der Waals surface area contributed by atoms with Crippen LogP contribution in [-0.2, 0) is 0 Å². The Morgan fingerprint density at radius 1 is 0.410 bits per heavy atom. The molecule has 3 nitrogen and oxygen atoms in total. The van der Waals surface area contributed by atoms with Gasteiger partial charge in [-0.05, 0) is 29.3 Å². The van der Waals surface area contributed by atoms with Gasteiger partial charge in [-0.25, -0.2) is 15.0 Å². The van der Waals surface area contributed by atoms with Crippen LogP contribution in [0.4, 0.5) is 0 Å². The predicted octanol–water partition coefficient (Wildman–Crippen LogP) is 9.42. The van der Waals surface area contributed by atoms with Crippen LogP contribution in [0.15, 0.2) is 140 Å². The second-order valence-corrected chi connectivity index (χ2v) is 10.3. The summed E-state index contributed by atoms with van der Waals surface area (Å²) < 4.78 is 1.12. The van der Waals surface area contributed by atoms with E-state index < -0.39 is 0 Å². The van der Waals surface area contributed by atoms with Crippen LogP contribution in [0, 0.1) is 0 Å². The number of thiazole rings is 1. The van der Waals surface area contributed by atoms with Crippen LogP contribution in [0.3, 0.4) is 0 Å². The molecule has 7 aromatic rings. The maximum Gasteiger partial charge on any atom is 0.162 e. The fourth-order valence-electron chi connectivity index (χ4n) is 4.77. The van der Waals surface area contributed by atoms with Gasteiger partial charge in [-0.15, -0.1) is 11.3 Å². The van der Waals surface area contributed by atoms with Crippen molar-refractivity contribution in [1.29, 1.82) is 0 Å². The van der Waals surface area contributed by atoms with E-state index in [0.717, 1.165) is 48.9 Å². The zero-order valence-corrected chi connectivity index (χ0v) is 21.8. The summed E-state index contributed by atoms with van der Waals surface area (Å²) >= 11 is 1.69. The summed E-state index contributed by atoms with van der Waals surface area (Å²) in [6.45, 7) is 0. The topological polar surface area (TPSA) is 38.7 Å². The van der Waals surface area contributed by atoms with Gasteiger partial charge >= 0.3 is 0 Å². The third-order valence-electron chi connectivity index (χ3n) is 6.76. The van der Waals surface area contributed by atoms with Crippen molar-refractivity contribution in [2.24, 2.45) is 0 Å². The molecule has 5 aromatic carbocycles. The lowest BCUT2D eigenvalue weighted by Crippen LogP contribution is -1.96. The lowest BCUT2D eigenvalue weighted by molar-refractivity contribution is 1.18. The van der Waals surface area contributed by atoms with Gasteiger partial charge in [0.2, 0.25) is 0 Å². The van der Waals surface area contributed by atoms with Crippen LogP contribution in [0.2, 0.25) is 0 Å². The summed E-state index contributed by atoms with van der Waals surface area (Å²) in [5.41, 5.74) is 9.22. The smallest absolute Gasteiger partial charge is 0.162 e. The maximum absolute atomic E-state index is 5.09. The van der Waals surface area contributed by atoms with Crippen LogP contribution in [-0.4, -0.2) is 15.0 Å². The van der Waals surface area contributed by atoms with Gasteiger partial charge in [0, 0.05) is 22.3 Å². The standard InChI is InChI=1S/C35H23N3S/c1-4-11-24(12-5-1)25-19-21-27(22-20-25)31-23-30(26-13-6-2-7-14-26)36-34(37-31)29-17-10-18-32-33(29)38-35(39-32)28-15-8-3-9-16-28/h1-23H. The molecular formula is C35H23N3S. The van der Waals surface area contributed by atoms with E-state index in [1.54, 1.807) is 11.3 Å². The maximum atomic E-state index is 5.09. The fourth-order valence-corrected chi connectivity index (χ4v) is 5.77. The molecule has 0 aliphatic heterocycles. The van der Waals surface area contributed by atoms with Gasteiger partial charge in [-0.1, -0.05) is 121 Å². The van der Waals surface area contributed by atoms with E-state index in [1.807, 2.05) is 42.5 Å². The Labute approximate surface area is 231 Å². The Balaban J connectivity index is 1.37. The number of rotatable bonds is 5. The van der Waals surface area contributed by atoms with E-state index in [1.165, 1.54) is 11.1 Å². The average molecular weight is 518 g/mol. The molecule has 0 bridgehead atoms. The van der Waals surface area contributed by atoms with Gasteiger partial charge in [0.25, 0.3) is 0 Å². The van der Waals surface area contributed by atoms with Crippen LogP contribution < -0.4 is 0 Å². The highest BCUT2D eigenvalue weighted by atomic mass is 32.1. The molecule has 0 N–H and O–H groups in total. The summed E-state index contributed by atoms with van der Waals surface area (Å²) in [5.74, 6) is 0.675. The number of fused-ring (bicyclic) bond motifs is 1. The molecule has 39 heavy (non-hydrogen) atoms. The van der Waals surface area contributed by atoms with E-state index in [2.05, 4.69) is 97.1 Å². The molecule has 0 amide bonds. The molecule has 2 heterocycles. The second-order valence-electron chi connectivity index (χ2n) is 9.31. The van der Waals surface area contributed by atoms with Gasteiger partial charge in [-0.2, -0.15) is 0 Å². The van der Waals surface area contributed by atoms with Crippen molar-refractivity contribution in [2.45, 2.75) is 0 Å². The van der Waals surface area contributed by atoms with Crippen molar-refractivity contribution in [2.75, 3.05) is 0 Å². The van der Waals surface area contributed by atoms with E-state index in [9.17, 15) is 0 Å². The first-order valence-corrected chi connectivity index (χ1v) is 13.7. The zero-order valence-electron chi connectivity index (χ0n) is 21.0. The Kier molecular flexibility index (Phi) is 6.00. The highest BCUT2D eigenvalue weighted by Crippen LogP contribution is 2.36. The van der Waals surface area contributed by atoms with Crippen molar-refractivity contribution in [3.63, 3.8) is 0 Å². The number of benzene rings is 5. The van der Waals surface area contributed by atoms with Gasteiger partial charge in [0.05, 0.1) is 21.6 Å². The van der Waals surface area contributed by atoms with E-state index in [0.29, 0.717) is 5.82 Å². The molecule has 184 valence electrons. The quantitative estimate of drug-likeness (QED) is 0.228. The molecule has 0 radical (unpaired) electrons. The first kappa shape index (κ1) is 23.2. The summed E-state index contributed by atoms with van der Waals surface area (Å²) in [4.78, 5) is 15.2. The summed E-state index contributed by atoms with van der Waals surface area (Å²) in [6, 6.07) is 47.9. The van der Waals surface area contributed by atoms with Gasteiger partial charge in [0.1, 0.15) is 5.01 Å². The van der Waals surface area contributed by atoms with E-state index >= 15 is 0 Å². The average Bonchev–Trinajstić information content (AvgIpc) is 3.47. The van der Waals surface area contributed by atoms with Crippen molar-refractivity contribution < 1.29 is 0 Å². The predicted molar refractivity (Wildman–Crippen MR) is 162 cm³/mol. The second kappa shape index (κ2) is 10.1. The number of hydrogen-bond acceptors (Lipinski definition) is 4. The third-order valence-corrected chi connectivity index (χ3v) is 7.83. The van der Waals surface area contributed by atoms with Gasteiger partial charge in [-0.3, -0.25) is 0 Å². The van der Waals surface area contributed by atoms with Crippen LogP contribution in [0.25, 0.3) is 65.8 Å². The number of nitrogens with zero attached hydrogens (tertiary/aromatic N) is 3. The lowest BCUT2D eigenvalue weighted by Gasteiger charge is -2.10. The number of hydrogen-bond donors (Lipinski definition) is 0. The summed E-state index contributed by atoms with van der Waals surface area (Å²) in [6.07, 6.45) is 0. The molecular weight excluding hydrogens is 494 g/mol. The molecule has 0 saturated heterocycles. The normalized spacial score (nSPS) is 11.1. The van der Waals surface area contributed by atoms with Crippen LogP contribution >= 0.6 is 11.3 Å². The molecule has 0 fully saturated rings. The highest BCUT2D eigenvalue weighted by Gasteiger charge is 2.16. The Morgan fingerprint density at radius 3 is 1.56 bits per heavy atom. The van der Waals surface area contributed by atoms with Crippen molar-refractivity contribution in [1.82, 2.24) is 15.0 Å². The molecule has 0 aliphatic carbocycles. The van der Waals surface area contributed by atoms with Crippen LogP contribution in [0.5, 0.6) is 0 Å². The minimum absolute atomic E-state index is 0.675. The van der Waals surface area contributed by atoms with Crippen molar-refractivity contribution in [3.8, 4) is 55.6 Å². The largest absolute Gasteiger partial charge is 0.235 e. The first-order chi connectivity index (χ1) is 19.3.